The predicted molar refractivity (Wildman–Crippen MR) is 69.1 cm³/mol. The summed E-state index contributed by atoms with van der Waals surface area (Å²) in [4.78, 5) is 4.39. The van der Waals surface area contributed by atoms with Gasteiger partial charge in [-0.05, 0) is 37.5 Å². The average molecular weight is 236 g/mol. The molecule has 1 N–H and O–H groups in total. The minimum absolute atomic E-state index is 0.407. The highest BCUT2D eigenvalue weighted by molar-refractivity contribution is 7.98. The third kappa shape index (κ3) is 2.66. The second-order valence-electron chi connectivity index (χ2n) is 3.77. The van der Waals surface area contributed by atoms with Crippen LogP contribution in [0.3, 0.4) is 0 Å². The van der Waals surface area contributed by atoms with Crippen molar-refractivity contribution in [1.29, 1.82) is 0 Å². The van der Waals surface area contributed by atoms with Gasteiger partial charge in [0, 0.05) is 12.2 Å². The Hall–Kier alpha value is -1.23. The molecule has 0 saturated carbocycles. The van der Waals surface area contributed by atoms with Crippen molar-refractivity contribution < 1.29 is 0 Å². The molecular formula is C11H16N4S. The van der Waals surface area contributed by atoms with E-state index in [2.05, 4.69) is 28.6 Å². The van der Waals surface area contributed by atoms with Gasteiger partial charge in [0.2, 0.25) is 5.95 Å². The van der Waals surface area contributed by atoms with Crippen LogP contribution >= 0.6 is 11.8 Å². The van der Waals surface area contributed by atoms with Crippen LogP contribution < -0.4 is 5.32 Å². The van der Waals surface area contributed by atoms with Gasteiger partial charge in [0.15, 0.2) is 5.65 Å². The molecule has 0 aliphatic carbocycles. The molecule has 16 heavy (non-hydrogen) atoms. The van der Waals surface area contributed by atoms with Gasteiger partial charge in [-0.3, -0.25) is 0 Å². The van der Waals surface area contributed by atoms with Crippen LogP contribution in [0.2, 0.25) is 0 Å². The van der Waals surface area contributed by atoms with Crippen LogP contribution in [0.5, 0.6) is 0 Å². The molecule has 0 spiro atoms. The smallest absolute Gasteiger partial charge is 0.243 e. The Labute approximate surface area is 99.5 Å². The van der Waals surface area contributed by atoms with Crippen LogP contribution in [-0.2, 0) is 0 Å². The Balaban J connectivity index is 2.03. The van der Waals surface area contributed by atoms with Gasteiger partial charge in [0.25, 0.3) is 0 Å². The van der Waals surface area contributed by atoms with Crippen molar-refractivity contribution in [2.24, 2.45) is 0 Å². The number of nitrogens with one attached hydrogen (secondary N) is 1. The summed E-state index contributed by atoms with van der Waals surface area (Å²) in [6.45, 7) is 2.15. The number of nitrogens with zero attached hydrogens (tertiary/aromatic N) is 3. The van der Waals surface area contributed by atoms with E-state index in [1.54, 1.807) is 4.52 Å². The zero-order valence-electron chi connectivity index (χ0n) is 9.55. The Kier molecular flexibility index (Phi) is 3.66. The molecule has 1 atom stereocenters. The van der Waals surface area contributed by atoms with Gasteiger partial charge in [-0.15, -0.1) is 5.10 Å². The molecule has 2 aromatic rings. The van der Waals surface area contributed by atoms with Crippen LogP contribution in [0.1, 0.15) is 13.3 Å². The monoisotopic (exact) mass is 236 g/mol. The van der Waals surface area contributed by atoms with Crippen molar-refractivity contribution >= 4 is 23.4 Å². The maximum atomic E-state index is 4.39. The summed E-state index contributed by atoms with van der Waals surface area (Å²) in [7, 11) is 0. The highest BCUT2D eigenvalue weighted by atomic mass is 32.2. The number of aromatic nitrogens is 3. The van der Waals surface area contributed by atoms with Crippen molar-refractivity contribution in [2.75, 3.05) is 17.3 Å². The summed E-state index contributed by atoms with van der Waals surface area (Å²) in [5.74, 6) is 1.86. The molecule has 86 valence electrons. The Morgan fingerprint density at radius 1 is 1.50 bits per heavy atom. The van der Waals surface area contributed by atoms with Gasteiger partial charge in [0.1, 0.15) is 0 Å². The van der Waals surface area contributed by atoms with E-state index in [-0.39, 0.29) is 0 Å². The molecule has 0 radical (unpaired) electrons. The molecule has 0 aliphatic heterocycles. The SMILES string of the molecule is CSCCC(C)Nc1nc2ccccn2n1. The molecule has 2 heterocycles. The number of pyridine rings is 1. The molecule has 0 fully saturated rings. The quantitative estimate of drug-likeness (QED) is 0.865. The average Bonchev–Trinajstić information content (AvgIpc) is 2.68. The molecule has 2 aromatic heterocycles. The minimum atomic E-state index is 0.407. The Morgan fingerprint density at radius 3 is 3.12 bits per heavy atom. The third-order valence-corrected chi connectivity index (χ3v) is 3.02. The van der Waals surface area contributed by atoms with Crippen molar-refractivity contribution in [3.05, 3.63) is 24.4 Å². The van der Waals surface area contributed by atoms with Gasteiger partial charge in [-0.2, -0.15) is 16.7 Å². The van der Waals surface area contributed by atoms with Gasteiger partial charge in [-0.1, -0.05) is 6.07 Å². The molecular weight excluding hydrogens is 220 g/mol. The predicted octanol–water partition coefficient (Wildman–Crippen LogP) is 2.28. The first-order valence-corrected chi connectivity index (χ1v) is 6.76. The molecule has 0 aliphatic rings. The zero-order chi connectivity index (χ0) is 11.4. The summed E-state index contributed by atoms with van der Waals surface area (Å²) in [5, 5.41) is 7.66. The van der Waals surface area contributed by atoms with Crippen molar-refractivity contribution in [3.63, 3.8) is 0 Å². The first kappa shape index (κ1) is 11.3. The number of fused-ring (bicyclic) bond motifs is 1. The summed E-state index contributed by atoms with van der Waals surface area (Å²) < 4.78 is 1.78. The first-order chi connectivity index (χ1) is 7.79. The van der Waals surface area contributed by atoms with E-state index in [9.17, 15) is 0 Å². The molecule has 1 unspecified atom stereocenters. The number of hydrogen-bond donors (Lipinski definition) is 1. The van der Waals surface area contributed by atoms with E-state index in [1.165, 1.54) is 0 Å². The Morgan fingerprint density at radius 2 is 2.38 bits per heavy atom. The lowest BCUT2D eigenvalue weighted by molar-refractivity contribution is 0.759. The number of anilines is 1. The molecule has 0 amide bonds. The van der Waals surface area contributed by atoms with E-state index in [4.69, 9.17) is 0 Å². The fourth-order valence-corrected chi connectivity index (χ4v) is 2.07. The summed E-state index contributed by atoms with van der Waals surface area (Å²) in [6.07, 6.45) is 5.15. The third-order valence-electron chi connectivity index (χ3n) is 2.37. The second-order valence-corrected chi connectivity index (χ2v) is 4.75. The van der Waals surface area contributed by atoms with Crippen LogP contribution in [0.4, 0.5) is 5.95 Å². The fraction of sp³-hybridized carbons (Fsp3) is 0.455. The van der Waals surface area contributed by atoms with E-state index >= 15 is 0 Å². The van der Waals surface area contributed by atoms with Crippen molar-refractivity contribution in [3.8, 4) is 0 Å². The summed E-state index contributed by atoms with van der Waals surface area (Å²) in [5.41, 5.74) is 0.877. The molecule has 0 aromatic carbocycles. The topological polar surface area (TPSA) is 42.2 Å². The Bertz CT molecular complexity index is 421. The standard InChI is InChI=1S/C11H16N4S/c1-9(6-8-16-2)12-11-13-10-5-3-4-7-15(10)14-11/h3-5,7,9H,6,8H2,1-2H3,(H,12,14). The summed E-state index contributed by atoms with van der Waals surface area (Å²) >= 11 is 1.86. The number of hydrogen-bond acceptors (Lipinski definition) is 4. The van der Waals surface area contributed by atoms with Crippen molar-refractivity contribution in [2.45, 2.75) is 19.4 Å². The first-order valence-electron chi connectivity index (χ1n) is 5.36. The molecule has 0 bridgehead atoms. The van der Waals surface area contributed by atoms with Crippen molar-refractivity contribution in [1.82, 2.24) is 14.6 Å². The van der Waals surface area contributed by atoms with Gasteiger partial charge in [-0.25, -0.2) is 4.52 Å². The molecule has 0 saturated heterocycles. The van der Waals surface area contributed by atoms with E-state index in [0.29, 0.717) is 12.0 Å². The van der Waals surface area contributed by atoms with Crippen LogP contribution in [0, 0.1) is 0 Å². The lowest BCUT2D eigenvalue weighted by atomic mass is 10.3. The number of thioether (sulfide) groups is 1. The molecule has 2 rings (SSSR count). The van der Waals surface area contributed by atoms with E-state index in [1.807, 2.05) is 36.2 Å². The van der Waals surface area contributed by atoms with Crippen LogP contribution in [-0.4, -0.2) is 32.6 Å². The lowest BCUT2D eigenvalue weighted by Crippen LogP contribution is -2.16. The lowest BCUT2D eigenvalue weighted by Gasteiger charge is -2.10. The van der Waals surface area contributed by atoms with Gasteiger partial charge in [0.05, 0.1) is 0 Å². The fourth-order valence-electron chi connectivity index (χ4n) is 1.48. The molecule has 5 heteroatoms. The maximum absolute atomic E-state index is 4.39. The second kappa shape index (κ2) is 5.21. The van der Waals surface area contributed by atoms with Crippen LogP contribution in [0.15, 0.2) is 24.4 Å². The largest absolute Gasteiger partial charge is 0.350 e. The minimum Gasteiger partial charge on any atom is -0.350 e. The normalized spacial score (nSPS) is 12.9. The van der Waals surface area contributed by atoms with Gasteiger partial charge < -0.3 is 5.32 Å². The van der Waals surface area contributed by atoms with Gasteiger partial charge >= 0.3 is 0 Å². The highest BCUT2D eigenvalue weighted by Crippen LogP contribution is 2.08. The van der Waals surface area contributed by atoms with Crippen LogP contribution in [0.25, 0.3) is 5.65 Å². The zero-order valence-corrected chi connectivity index (χ0v) is 10.4. The number of rotatable bonds is 5. The summed E-state index contributed by atoms with van der Waals surface area (Å²) in [6, 6.07) is 6.27. The van der Waals surface area contributed by atoms with E-state index < -0.39 is 0 Å². The maximum Gasteiger partial charge on any atom is 0.243 e. The highest BCUT2D eigenvalue weighted by Gasteiger charge is 2.06. The molecule has 4 nitrogen and oxygen atoms in total. The van der Waals surface area contributed by atoms with E-state index in [0.717, 1.165) is 17.8 Å².